The van der Waals surface area contributed by atoms with Gasteiger partial charge in [0.2, 0.25) is 0 Å². The lowest BCUT2D eigenvalue weighted by molar-refractivity contribution is 0.0518. The van der Waals surface area contributed by atoms with Crippen LogP contribution in [-0.2, 0) is 0 Å². The van der Waals surface area contributed by atoms with Crippen LogP contribution in [0.25, 0.3) is 5.65 Å². The number of carbonyl (C=O) groups is 1. The molecule has 0 bridgehead atoms. The van der Waals surface area contributed by atoms with Gasteiger partial charge in [-0.25, -0.2) is 4.98 Å². The van der Waals surface area contributed by atoms with Gasteiger partial charge in [0.25, 0.3) is 11.5 Å². The van der Waals surface area contributed by atoms with Gasteiger partial charge in [-0.3, -0.25) is 14.0 Å². The average molecular weight is 275 g/mol. The number of nitrogens with one attached hydrogen (secondary N) is 1. The summed E-state index contributed by atoms with van der Waals surface area (Å²) < 4.78 is 1.31. The van der Waals surface area contributed by atoms with Crippen molar-refractivity contribution < 1.29 is 9.90 Å². The summed E-state index contributed by atoms with van der Waals surface area (Å²) in [6.45, 7) is 3.52. The molecule has 2 N–H and O–H groups in total. The Morgan fingerprint density at radius 2 is 2.25 bits per heavy atom. The van der Waals surface area contributed by atoms with Crippen LogP contribution in [-0.4, -0.2) is 32.5 Å². The average Bonchev–Trinajstić information content (AvgIpc) is 2.45. The van der Waals surface area contributed by atoms with Gasteiger partial charge in [-0.05, 0) is 25.5 Å². The molecule has 1 atom stereocenters. The largest absolute Gasteiger partial charge is 0.388 e. The predicted octanol–water partition coefficient (Wildman–Crippen LogP) is 0.585. The van der Waals surface area contributed by atoms with Crippen LogP contribution in [0.2, 0.25) is 0 Å². The number of rotatable bonds is 4. The minimum absolute atomic E-state index is 0.0411. The number of nitrogens with zero attached hydrogens (tertiary/aromatic N) is 2. The molecule has 1 amide bonds. The third kappa shape index (κ3) is 2.85. The van der Waals surface area contributed by atoms with Crippen molar-refractivity contribution in [3.05, 3.63) is 46.5 Å². The molecule has 2 aromatic heterocycles. The lowest BCUT2D eigenvalue weighted by Gasteiger charge is -2.21. The number of fused-ring (bicyclic) bond motifs is 1. The van der Waals surface area contributed by atoms with Crippen molar-refractivity contribution in [3.8, 4) is 0 Å². The number of aromatic nitrogens is 2. The van der Waals surface area contributed by atoms with E-state index in [-0.39, 0.29) is 12.1 Å². The van der Waals surface area contributed by atoms with Crippen LogP contribution in [0.1, 0.15) is 30.6 Å². The van der Waals surface area contributed by atoms with Gasteiger partial charge in [-0.1, -0.05) is 13.0 Å². The Morgan fingerprint density at radius 3 is 2.95 bits per heavy atom. The number of amides is 1. The van der Waals surface area contributed by atoms with Gasteiger partial charge in [0.05, 0.1) is 5.60 Å². The Morgan fingerprint density at radius 1 is 1.50 bits per heavy atom. The van der Waals surface area contributed by atoms with E-state index < -0.39 is 17.1 Å². The van der Waals surface area contributed by atoms with Crippen molar-refractivity contribution in [1.29, 1.82) is 0 Å². The van der Waals surface area contributed by atoms with Gasteiger partial charge < -0.3 is 10.4 Å². The van der Waals surface area contributed by atoms with Gasteiger partial charge in [-0.2, -0.15) is 0 Å². The van der Waals surface area contributed by atoms with E-state index in [1.54, 1.807) is 31.3 Å². The highest BCUT2D eigenvalue weighted by Gasteiger charge is 2.20. The fourth-order valence-corrected chi connectivity index (χ4v) is 1.67. The molecule has 0 aliphatic rings. The van der Waals surface area contributed by atoms with Crippen molar-refractivity contribution in [3.63, 3.8) is 0 Å². The molecule has 0 aliphatic heterocycles. The van der Waals surface area contributed by atoms with E-state index in [1.165, 1.54) is 10.6 Å². The minimum atomic E-state index is -0.990. The molecule has 0 aliphatic carbocycles. The third-order valence-electron chi connectivity index (χ3n) is 3.25. The first kappa shape index (κ1) is 14.2. The number of hydrogen-bond acceptors (Lipinski definition) is 4. The highest BCUT2D eigenvalue weighted by atomic mass is 16.3. The monoisotopic (exact) mass is 275 g/mol. The molecular weight excluding hydrogens is 258 g/mol. The Bertz CT molecular complexity index is 691. The molecule has 6 nitrogen and oxygen atoms in total. The fourth-order valence-electron chi connectivity index (χ4n) is 1.67. The van der Waals surface area contributed by atoms with Crippen molar-refractivity contribution >= 4 is 11.6 Å². The van der Waals surface area contributed by atoms with Crippen LogP contribution in [0.3, 0.4) is 0 Å². The SMILES string of the molecule is CCC(C)(O)CNC(=O)c1cnc2ccccn2c1=O. The molecule has 20 heavy (non-hydrogen) atoms. The second kappa shape index (κ2) is 5.42. The van der Waals surface area contributed by atoms with Crippen LogP contribution in [0, 0.1) is 0 Å². The summed E-state index contributed by atoms with van der Waals surface area (Å²) in [4.78, 5) is 28.2. The van der Waals surface area contributed by atoms with E-state index >= 15 is 0 Å². The Kier molecular flexibility index (Phi) is 3.85. The highest BCUT2D eigenvalue weighted by molar-refractivity contribution is 5.93. The molecule has 0 saturated carbocycles. The summed E-state index contributed by atoms with van der Waals surface area (Å²) in [6.07, 6.45) is 3.32. The first-order chi connectivity index (χ1) is 9.44. The second-order valence-electron chi connectivity index (χ2n) is 4.94. The Balaban J connectivity index is 2.27. The second-order valence-corrected chi connectivity index (χ2v) is 4.94. The van der Waals surface area contributed by atoms with E-state index in [0.717, 1.165) is 0 Å². The summed E-state index contributed by atoms with van der Waals surface area (Å²) in [5, 5.41) is 12.4. The first-order valence-electron chi connectivity index (χ1n) is 6.41. The molecule has 0 saturated heterocycles. The standard InChI is InChI=1S/C14H17N3O3/c1-3-14(2,20)9-16-12(18)10-8-15-11-6-4-5-7-17(11)13(10)19/h4-8,20H,3,9H2,1-2H3,(H,16,18). The van der Waals surface area contributed by atoms with Crippen LogP contribution >= 0.6 is 0 Å². The number of pyridine rings is 1. The Labute approximate surface area is 116 Å². The summed E-state index contributed by atoms with van der Waals surface area (Å²) in [6, 6.07) is 5.14. The van der Waals surface area contributed by atoms with Crippen molar-refractivity contribution in [2.75, 3.05) is 6.54 Å². The quantitative estimate of drug-likeness (QED) is 0.855. The zero-order chi connectivity index (χ0) is 14.8. The van der Waals surface area contributed by atoms with E-state index in [1.807, 2.05) is 6.92 Å². The Hall–Kier alpha value is -2.21. The molecule has 0 spiro atoms. The van der Waals surface area contributed by atoms with Crippen LogP contribution in [0.4, 0.5) is 0 Å². The van der Waals surface area contributed by atoms with Gasteiger partial charge in [-0.15, -0.1) is 0 Å². The van der Waals surface area contributed by atoms with Crippen molar-refractivity contribution in [2.24, 2.45) is 0 Å². The zero-order valence-electron chi connectivity index (χ0n) is 11.5. The zero-order valence-corrected chi connectivity index (χ0v) is 11.5. The molecule has 2 aromatic rings. The summed E-state index contributed by atoms with van der Waals surface area (Å²) in [7, 11) is 0. The smallest absolute Gasteiger partial charge is 0.270 e. The van der Waals surface area contributed by atoms with E-state index in [2.05, 4.69) is 10.3 Å². The number of aliphatic hydroxyl groups is 1. The molecular formula is C14H17N3O3. The van der Waals surface area contributed by atoms with Crippen LogP contribution in [0.15, 0.2) is 35.4 Å². The van der Waals surface area contributed by atoms with Gasteiger partial charge in [0, 0.05) is 18.9 Å². The first-order valence-corrected chi connectivity index (χ1v) is 6.41. The predicted molar refractivity (Wildman–Crippen MR) is 74.7 cm³/mol. The van der Waals surface area contributed by atoms with Crippen LogP contribution in [0.5, 0.6) is 0 Å². The van der Waals surface area contributed by atoms with Crippen molar-refractivity contribution in [2.45, 2.75) is 25.9 Å². The lowest BCUT2D eigenvalue weighted by Crippen LogP contribution is -2.41. The maximum Gasteiger partial charge on any atom is 0.270 e. The third-order valence-corrected chi connectivity index (χ3v) is 3.25. The molecule has 1 unspecified atom stereocenters. The summed E-state index contributed by atoms with van der Waals surface area (Å²) in [5.74, 6) is -0.533. The fraction of sp³-hybridized carbons (Fsp3) is 0.357. The molecule has 2 heterocycles. The molecule has 0 fully saturated rings. The van der Waals surface area contributed by atoms with Gasteiger partial charge in [0.15, 0.2) is 0 Å². The van der Waals surface area contributed by atoms with Gasteiger partial charge >= 0.3 is 0 Å². The van der Waals surface area contributed by atoms with E-state index in [0.29, 0.717) is 12.1 Å². The van der Waals surface area contributed by atoms with Crippen molar-refractivity contribution in [1.82, 2.24) is 14.7 Å². The summed E-state index contributed by atoms with van der Waals surface area (Å²) >= 11 is 0. The lowest BCUT2D eigenvalue weighted by atomic mass is 10.0. The summed E-state index contributed by atoms with van der Waals surface area (Å²) in [5.41, 5.74) is -0.977. The molecule has 0 radical (unpaired) electrons. The van der Waals surface area contributed by atoms with E-state index in [4.69, 9.17) is 0 Å². The maximum atomic E-state index is 12.2. The highest BCUT2D eigenvalue weighted by Crippen LogP contribution is 2.06. The van der Waals surface area contributed by atoms with E-state index in [9.17, 15) is 14.7 Å². The number of carbonyl (C=O) groups excluding carboxylic acids is 1. The number of hydrogen-bond donors (Lipinski definition) is 2. The molecule has 6 heteroatoms. The van der Waals surface area contributed by atoms with Gasteiger partial charge in [0.1, 0.15) is 11.2 Å². The molecule has 0 aromatic carbocycles. The molecule has 2 rings (SSSR count). The topological polar surface area (TPSA) is 83.7 Å². The van der Waals surface area contributed by atoms with Crippen LogP contribution < -0.4 is 10.9 Å². The molecule has 106 valence electrons. The minimum Gasteiger partial charge on any atom is -0.388 e. The normalized spacial score (nSPS) is 13.9. The maximum absolute atomic E-state index is 12.2.